The smallest absolute Gasteiger partial charge is 0.337 e. The Labute approximate surface area is 120 Å². The van der Waals surface area contributed by atoms with E-state index in [4.69, 9.17) is 10.8 Å². The number of carbonyl (C=O) groups is 1. The molecule has 0 atom stereocenters. The molecule has 2 rings (SSSR count). The van der Waals surface area contributed by atoms with Crippen molar-refractivity contribution in [3.05, 3.63) is 23.8 Å². The zero-order valence-electron chi connectivity index (χ0n) is 12.2. The lowest BCUT2D eigenvalue weighted by molar-refractivity contribution is 0.0698. The fourth-order valence-corrected chi connectivity index (χ4v) is 2.65. The molecule has 1 aromatic carbocycles. The molecule has 0 radical (unpaired) electrons. The summed E-state index contributed by atoms with van der Waals surface area (Å²) in [6.07, 6.45) is 0. The summed E-state index contributed by atoms with van der Waals surface area (Å²) in [5.74, 6) is -0.289. The average Bonchev–Trinajstić information content (AvgIpc) is 2.38. The molecule has 1 aliphatic heterocycles. The Morgan fingerprint density at radius 3 is 2.45 bits per heavy atom. The Bertz CT molecular complexity index is 480. The van der Waals surface area contributed by atoms with Gasteiger partial charge >= 0.3 is 5.97 Å². The molecule has 0 unspecified atom stereocenters. The second-order valence-corrected chi connectivity index (χ2v) is 5.76. The van der Waals surface area contributed by atoms with E-state index in [1.54, 1.807) is 12.1 Å². The lowest BCUT2D eigenvalue weighted by Gasteiger charge is -2.37. The Kier molecular flexibility index (Phi) is 4.49. The predicted molar refractivity (Wildman–Crippen MR) is 81.3 cm³/mol. The maximum absolute atomic E-state index is 11.0. The van der Waals surface area contributed by atoms with Crippen LogP contribution in [0.5, 0.6) is 0 Å². The third kappa shape index (κ3) is 3.42. The van der Waals surface area contributed by atoms with E-state index in [1.165, 1.54) is 0 Å². The lowest BCUT2D eigenvalue weighted by Crippen LogP contribution is -2.47. The third-order valence-corrected chi connectivity index (χ3v) is 3.63. The largest absolute Gasteiger partial charge is 0.478 e. The molecular formula is C15H23N3O2. The van der Waals surface area contributed by atoms with Gasteiger partial charge in [-0.3, -0.25) is 4.90 Å². The summed E-state index contributed by atoms with van der Waals surface area (Å²) < 4.78 is 0. The van der Waals surface area contributed by atoms with Crippen molar-refractivity contribution in [1.29, 1.82) is 0 Å². The summed E-state index contributed by atoms with van der Waals surface area (Å²) in [7, 11) is 0. The highest BCUT2D eigenvalue weighted by Gasteiger charge is 2.18. The number of rotatable bonds is 4. The van der Waals surface area contributed by atoms with Gasteiger partial charge in [-0.15, -0.1) is 0 Å². The average molecular weight is 277 g/mol. The molecule has 110 valence electrons. The number of nitrogens with two attached hydrogens (primary N) is 1. The number of nitrogen functional groups attached to an aromatic ring is 1. The van der Waals surface area contributed by atoms with Crippen LogP contribution in [0.1, 0.15) is 24.2 Å². The zero-order valence-corrected chi connectivity index (χ0v) is 12.2. The fraction of sp³-hybridized carbons (Fsp3) is 0.533. The van der Waals surface area contributed by atoms with E-state index >= 15 is 0 Å². The number of carboxylic acids is 1. The number of hydrogen-bond acceptors (Lipinski definition) is 4. The standard InChI is InChI=1S/C15H23N3O2/c1-11(2)10-17-5-7-18(8-6-17)12-3-4-13(15(19)20)14(16)9-12/h3-4,9,11H,5-8,10,16H2,1-2H3,(H,19,20). The van der Waals surface area contributed by atoms with Gasteiger partial charge in [0.1, 0.15) is 0 Å². The summed E-state index contributed by atoms with van der Waals surface area (Å²) >= 11 is 0. The van der Waals surface area contributed by atoms with Crippen LogP contribution in [0.3, 0.4) is 0 Å². The van der Waals surface area contributed by atoms with Gasteiger partial charge in [0.15, 0.2) is 0 Å². The molecule has 1 aliphatic rings. The molecule has 3 N–H and O–H groups in total. The molecule has 20 heavy (non-hydrogen) atoms. The first-order chi connectivity index (χ1) is 9.47. The van der Waals surface area contributed by atoms with Gasteiger partial charge in [-0.1, -0.05) is 13.8 Å². The third-order valence-electron chi connectivity index (χ3n) is 3.63. The minimum atomic E-state index is -0.976. The number of piperazine rings is 1. The van der Waals surface area contributed by atoms with Gasteiger partial charge in [-0.2, -0.15) is 0 Å². The highest BCUT2D eigenvalue weighted by Crippen LogP contribution is 2.23. The van der Waals surface area contributed by atoms with Gasteiger partial charge in [0.2, 0.25) is 0 Å². The van der Waals surface area contributed by atoms with Crippen LogP contribution in [0, 0.1) is 5.92 Å². The summed E-state index contributed by atoms with van der Waals surface area (Å²) in [5.41, 5.74) is 7.32. The van der Waals surface area contributed by atoms with Crippen molar-refractivity contribution < 1.29 is 9.90 Å². The van der Waals surface area contributed by atoms with Crippen LogP contribution in [0.2, 0.25) is 0 Å². The first-order valence-electron chi connectivity index (χ1n) is 7.07. The molecule has 1 heterocycles. The topological polar surface area (TPSA) is 69.8 Å². The zero-order chi connectivity index (χ0) is 14.7. The first-order valence-corrected chi connectivity index (χ1v) is 7.07. The Hall–Kier alpha value is -1.75. The van der Waals surface area contributed by atoms with Gasteiger partial charge in [-0.25, -0.2) is 4.79 Å². The monoisotopic (exact) mass is 277 g/mol. The van der Waals surface area contributed by atoms with E-state index in [9.17, 15) is 4.79 Å². The maximum Gasteiger partial charge on any atom is 0.337 e. The second-order valence-electron chi connectivity index (χ2n) is 5.76. The van der Waals surface area contributed by atoms with Crippen LogP contribution in [-0.4, -0.2) is 48.7 Å². The molecular weight excluding hydrogens is 254 g/mol. The second kappa shape index (κ2) is 6.13. The summed E-state index contributed by atoms with van der Waals surface area (Å²) in [6.45, 7) is 9.60. The molecule has 0 aliphatic carbocycles. The van der Waals surface area contributed by atoms with Gasteiger partial charge in [0.05, 0.1) is 5.56 Å². The van der Waals surface area contributed by atoms with Crippen LogP contribution < -0.4 is 10.6 Å². The highest BCUT2D eigenvalue weighted by atomic mass is 16.4. The number of hydrogen-bond donors (Lipinski definition) is 2. The van der Waals surface area contributed by atoms with Crippen LogP contribution >= 0.6 is 0 Å². The summed E-state index contributed by atoms with van der Waals surface area (Å²) in [4.78, 5) is 15.7. The van der Waals surface area contributed by atoms with Gasteiger partial charge < -0.3 is 15.7 Å². The Morgan fingerprint density at radius 2 is 1.95 bits per heavy atom. The van der Waals surface area contributed by atoms with E-state index < -0.39 is 5.97 Å². The molecule has 0 amide bonds. The number of anilines is 2. The SMILES string of the molecule is CC(C)CN1CCN(c2ccc(C(=O)O)c(N)c2)CC1. The van der Waals surface area contributed by atoms with Crippen molar-refractivity contribution in [2.75, 3.05) is 43.4 Å². The molecule has 0 bridgehead atoms. The van der Waals surface area contributed by atoms with Crippen LogP contribution in [0.4, 0.5) is 11.4 Å². The Balaban J connectivity index is 2.00. The number of carboxylic acid groups (broad SMARTS) is 1. The normalized spacial score (nSPS) is 16.6. The van der Waals surface area contributed by atoms with Gasteiger partial charge in [0, 0.05) is 44.1 Å². The van der Waals surface area contributed by atoms with Crippen molar-refractivity contribution in [2.24, 2.45) is 5.92 Å². The van der Waals surface area contributed by atoms with Crippen molar-refractivity contribution >= 4 is 17.3 Å². The van der Waals surface area contributed by atoms with Crippen molar-refractivity contribution in [3.63, 3.8) is 0 Å². The number of nitrogens with zero attached hydrogens (tertiary/aromatic N) is 2. The van der Waals surface area contributed by atoms with Crippen LogP contribution in [0.25, 0.3) is 0 Å². The first kappa shape index (κ1) is 14.7. The minimum absolute atomic E-state index is 0.173. The molecule has 1 fully saturated rings. The molecule has 1 aromatic rings. The number of aromatic carboxylic acids is 1. The van der Waals surface area contributed by atoms with E-state index in [-0.39, 0.29) is 5.56 Å². The molecule has 1 saturated heterocycles. The predicted octanol–water partition coefficient (Wildman–Crippen LogP) is 1.75. The number of benzene rings is 1. The molecule has 0 aromatic heterocycles. The van der Waals surface area contributed by atoms with Gasteiger partial charge in [0.25, 0.3) is 0 Å². The van der Waals surface area contributed by atoms with E-state index in [2.05, 4.69) is 23.6 Å². The van der Waals surface area contributed by atoms with Crippen LogP contribution in [0.15, 0.2) is 18.2 Å². The van der Waals surface area contributed by atoms with Crippen LogP contribution in [-0.2, 0) is 0 Å². The van der Waals surface area contributed by atoms with Crippen molar-refractivity contribution in [2.45, 2.75) is 13.8 Å². The molecule has 0 saturated carbocycles. The Morgan fingerprint density at radius 1 is 1.30 bits per heavy atom. The van der Waals surface area contributed by atoms with Gasteiger partial charge in [-0.05, 0) is 24.1 Å². The summed E-state index contributed by atoms with van der Waals surface area (Å²) in [6, 6.07) is 5.20. The van der Waals surface area contributed by atoms with Crippen molar-refractivity contribution in [3.8, 4) is 0 Å². The fourth-order valence-electron chi connectivity index (χ4n) is 2.65. The highest BCUT2D eigenvalue weighted by molar-refractivity contribution is 5.94. The van der Waals surface area contributed by atoms with Crippen molar-refractivity contribution in [1.82, 2.24) is 4.90 Å². The van der Waals surface area contributed by atoms with E-state index in [1.807, 2.05) is 6.07 Å². The quantitative estimate of drug-likeness (QED) is 0.820. The molecule has 5 heteroatoms. The molecule has 5 nitrogen and oxygen atoms in total. The van der Waals surface area contributed by atoms with E-state index in [0.29, 0.717) is 11.6 Å². The minimum Gasteiger partial charge on any atom is -0.478 e. The summed E-state index contributed by atoms with van der Waals surface area (Å²) in [5, 5.41) is 8.99. The lowest BCUT2D eigenvalue weighted by atomic mass is 10.1. The van der Waals surface area contributed by atoms with E-state index in [0.717, 1.165) is 38.4 Å². The maximum atomic E-state index is 11.0. The molecule has 0 spiro atoms.